The Bertz CT molecular complexity index is 802. The number of nitrogens with one attached hydrogen (secondary N) is 2. The van der Waals surface area contributed by atoms with Crippen LogP contribution in [0.1, 0.15) is 18.6 Å². The van der Waals surface area contributed by atoms with Gasteiger partial charge in [0.05, 0.1) is 11.5 Å². The molecule has 0 spiro atoms. The van der Waals surface area contributed by atoms with Crippen molar-refractivity contribution in [1.29, 1.82) is 0 Å². The van der Waals surface area contributed by atoms with Crippen molar-refractivity contribution in [2.75, 3.05) is 29.1 Å². The highest BCUT2D eigenvalue weighted by Gasteiger charge is 2.27. The van der Waals surface area contributed by atoms with Gasteiger partial charge < -0.3 is 20.1 Å². The largest absolute Gasteiger partial charge is 0.361 e. The maximum atomic E-state index is 12.0. The molecule has 0 radical (unpaired) electrons. The summed E-state index contributed by atoms with van der Waals surface area (Å²) in [5, 5.41) is 20.4. The Morgan fingerprint density at radius 2 is 2.28 bits per heavy atom. The van der Waals surface area contributed by atoms with Crippen LogP contribution in [0.5, 0.6) is 0 Å². The molecule has 0 bridgehead atoms. The minimum Gasteiger partial charge on any atom is -0.361 e. The molecule has 11 nitrogen and oxygen atoms in total. The third-order valence-electron chi connectivity index (χ3n) is 3.49. The van der Waals surface area contributed by atoms with E-state index in [0.29, 0.717) is 11.6 Å². The molecule has 1 aliphatic rings. The Balaban J connectivity index is 1.69. The van der Waals surface area contributed by atoms with Gasteiger partial charge in [-0.3, -0.25) is 14.9 Å². The molecule has 2 N–H and O–H groups in total. The highest BCUT2D eigenvalue weighted by Crippen LogP contribution is 2.29. The molecule has 1 aliphatic carbocycles. The molecule has 132 valence electrons. The molecule has 3 rings (SSSR count). The van der Waals surface area contributed by atoms with E-state index in [0.717, 1.165) is 19.0 Å². The first-order valence-corrected chi connectivity index (χ1v) is 7.64. The highest BCUT2D eigenvalue weighted by molar-refractivity contribution is 5.92. The number of anilines is 3. The van der Waals surface area contributed by atoms with E-state index in [1.54, 1.807) is 20.0 Å². The van der Waals surface area contributed by atoms with E-state index in [2.05, 4.69) is 25.8 Å². The van der Waals surface area contributed by atoms with Crippen molar-refractivity contribution in [3.63, 3.8) is 0 Å². The van der Waals surface area contributed by atoms with E-state index < -0.39 is 4.92 Å². The van der Waals surface area contributed by atoms with Crippen LogP contribution in [0.25, 0.3) is 0 Å². The van der Waals surface area contributed by atoms with Crippen LogP contribution in [-0.4, -0.2) is 45.6 Å². The van der Waals surface area contributed by atoms with Gasteiger partial charge in [-0.25, -0.2) is 4.98 Å². The van der Waals surface area contributed by atoms with Crippen LogP contribution in [0.3, 0.4) is 0 Å². The van der Waals surface area contributed by atoms with Gasteiger partial charge in [-0.2, -0.15) is 4.98 Å². The molecule has 0 saturated heterocycles. The number of carbonyl (C=O) groups is 1. The zero-order chi connectivity index (χ0) is 18.0. The zero-order valence-corrected chi connectivity index (χ0v) is 13.7. The second kappa shape index (κ2) is 6.71. The Morgan fingerprint density at radius 1 is 1.52 bits per heavy atom. The van der Waals surface area contributed by atoms with Crippen LogP contribution in [0.2, 0.25) is 0 Å². The summed E-state index contributed by atoms with van der Waals surface area (Å²) in [6.07, 6.45) is 3.04. The van der Waals surface area contributed by atoms with Crippen LogP contribution in [-0.2, 0) is 4.79 Å². The van der Waals surface area contributed by atoms with Gasteiger partial charge in [0.15, 0.2) is 5.82 Å². The molecule has 2 heterocycles. The van der Waals surface area contributed by atoms with Crippen molar-refractivity contribution >= 4 is 29.2 Å². The summed E-state index contributed by atoms with van der Waals surface area (Å²) in [6.45, 7) is 1.67. The average Bonchev–Trinajstić information content (AvgIpc) is 3.27. The van der Waals surface area contributed by atoms with Gasteiger partial charge in [0.25, 0.3) is 0 Å². The first kappa shape index (κ1) is 16.6. The molecule has 0 aromatic carbocycles. The molecule has 11 heteroatoms. The van der Waals surface area contributed by atoms with Gasteiger partial charge in [0.2, 0.25) is 17.7 Å². The number of nitrogens with zero attached hydrogens (tertiary/aromatic N) is 5. The lowest BCUT2D eigenvalue weighted by molar-refractivity contribution is -0.384. The SMILES string of the molecule is Cc1cc(NC(=O)CN(C)c2ncc([N+](=O)[O-])c(NC3CC3)n2)no1. The Morgan fingerprint density at radius 3 is 2.88 bits per heavy atom. The molecule has 25 heavy (non-hydrogen) atoms. The molecular weight excluding hydrogens is 330 g/mol. The van der Waals surface area contributed by atoms with Gasteiger partial charge in [-0.1, -0.05) is 5.16 Å². The molecule has 0 unspecified atom stereocenters. The fraction of sp³-hybridized carbons (Fsp3) is 0.429. The number of nitro groups is 1. The summed E-state index contributed by atoms with van der Waals surface area (Å²) in [5.41, 5.74) is -0.188. The van der Waals surface area contributed by atoms with Crippen molar-refractivity contribution in [1.82, 2.24) is 15.1 Å². The minimum atomic E-state index is -0.534. The second-order valence-corrected chi connectivity index (χ2v) is 5.81. The molecule has 1 amide bonds. The van der Waals surface area contributed by atoms with Crippen molar-refractivity contribution in [3.8, 4) is 0 Å². The fourth-order valence-corrected chi connectivity index (χ4v) is 2.10. The lowest BCUT2D eigenvalue weighted by Gasteiger charge is -2.16. The lowest BCUT2D eigenvalue weighted by atomic mass is 10.4. The second-order valence-electron chi connectivity index (χ2n) is 5.81. The van der Waals surface area contributed by atoms with Gasteiger partial charge in [-0.15, -0.1) is 0 Å². The number of aromatic nitrogens is 3. The molecule has 2 aromatic rings. The first-order valence-electron chi connectivity index (χ1n) is 7.64. The van der Waals surface area contributed by atoms with Crippen molar-refractivity contribution < 1.29 is 14.2 Å². The van der Waals surface area contributed by atoms with Gasteiger partial charge in [0.1, 0.15) is 12.0 Å². The number of likely N-dealkylation sites (N-methyl/N-ethyl adjacent to an activating group) is 1. The van der Waals surface area contributed by atoms with E-state index in [1.807, 2.05) is 0 Å². The van der Waals surface area contributed by atoms with E-state index in [1.165, 1.54) is 4.90 Å². The standard InChI is InChI=1S/C14H17N7O4/c1-8-5-11(19-25-8)17-12(22)7-20(2)14-15-6-10(21(23)24)13(18-14)16-9-3-4-9/h5-6,9H,3-4,7H2,1-2H3,(H,15,16,18)(H,17,19,22). The van der Waals surface area contributed by atoms with Crippen LogP contribution in [0, 0.1) is 17.0 Å². The van der Waals surface area contributed by atoms with Crippen LogP contribution in [0.4, 0.5) is 23.3 Å². The summed E-state index contributed by atoms with van der Waals surface area (Å²) in [6, 6.07) is 1.79. The number of amides is 1. The number of rotatable bonds is 7. The van der Waals surface area contributed by atoms with Crippen molar-refractivity contribution in [2.24, 2.45) is 0 Å². The Kier molecular flexibility index (Phi) is 4.46. The van der Waals surface area contributed by atoms with E-state index >= 15 is 0 Å². The highest BCUT2D eigenvalue weighted by atomic mass is 16.6. The van der Waals surface area contributed by atoms with Crippen LogP contribution >= 0.6 is 0 Å². The van der Waals surface area contributed by atoms with E-state index in [4.69, 9.17) is 4.52 Å². The summed E-state index contributed by atoms with van der Waals surface area (Å²) in [7, 11) is 1.62. The predicted octanol–water partition coefficient (Wildman–Crippen LogP) is 1.33. The third-order valence-corrected chi connectivity index (χ3v) is 3.49. The molecule has 0 atom stereocenters. The number of aryl methyl sites for hydroxylation is 1. The number of hydrogen-bond donors (Lipinski definition) is 2. The summed E-state index contributed by atoms with van der Waals surface area (Å²) >= 11 is 0. The molecule has 2 aromatic heterocycles. The smallest absolute Gasteiger partial charge is 0.329 e. The Labute approximate surface area is 142 Å². The quantitative estimate of drug-likeness (QED) is 0.560. The van der Waals surface area contributed by atoms with Gasteiger partial charge >= 0.3 is 5.69 Å². The average molecular weight is 347 g/mol. The Hall–Kier alpha value is -3.24. The zero-order valence-electron chi connectivity index (χ0n) is 13.7. The monoisotopic (exact) mass is 347 g/mol. The van der Waals surface area contributed by atoms with E-state index in [9.17, 15) is 14.9 Å². The third kappa shape index (κ3) is 4.19. The van der Waals surface area contributed by atoms with Crippen molar-refractivity contribution in [2.45, 2.75) is 25.8 Å². The first-order chi connectivity index (χ1) is 11.9. The van der Waals surface area contributed by atoms with Crippen LogP contribution < -0.4 is 15.5 Å². The topological polar surface area (TPSA) is 139 Å². The van der Waals surface area contributed by atoms with E-state index in [-0.39, 0.29) is 35.9 Å². The van der Waals surface area contributed by atoms with Crippen molar-refractivity contribution in [3.05, 3.63) is 28.1 Å². The molecular formula is C14H17N7O4. The fourth-order valence-electron chi connectivity index (χ4n) is 2.10. The lowest BCUT2D eigenvalue weighted by Crippen LogP contribution is -2.31. The molecule has 1 saturated carbocycles. The van der Waals surface area contributed by atoms with Gasteiger partial charge in [0, 0.05) is 19.2 Å². The molecule has 0 aliphatic heterocycles. The predicted molar refractivity (Wildman–Crippen MR) is 88.5 cm³/mol. The number of hydrogen-bond acceptors (Lipinski definition) is 9. The number of carbonyl (C=O) groups excluding carboxylic acids is 1. The van der Waals surface area contributed by atoms with Gasteiger partial charge in [-0.05, 0) is 19.8 Å². The maximum Gasteiger partial charge on any atom is 0.329 e. The summed E-state index contributed by atoms with van der Waals surface area (Å²) < 4.78 is 4.87. The normalized spacial score (nSPS) is 13.4. The summed E-state index contributed by atoms with van der Waals surface area (Å²) in [5.74, 6) is 0.932. The summed E-state index contributed by atoms with van der Waals surface area (Å²) in [4.78, 5) is 32.2. The maximum absolute atomic E-state index is 12.0. The molecule has 1 fully saturated rings. The minimum absolute atomic E-state index is 0.0490. The van der Waals surface area contributed by atoms with Crippen LogP contribution in [0.15, 0.2) is 16.8 Å².